The Hall–Kier alpha value is -0.820. The largest absolute Gasteiger partial charge is 0.327 e. The van der Waals surface area contributed by atoms with Crippen LogP contribution in [0.15, 0.2) is 12.1 Å². The van der Waals surface area contributed by atoms with Gasteiger partial charge in [-0.2, -0.15) is 0 Å². The summed E-state index contributed by atoms with van der Waals surface area (Å²) < 4.78 is 0. The topological polar surface area (TPSA) is 26.0 Å². The Balaban J connectivity index is 2.16. The second-order valence-corrected chi connectivity index (χ2v) is 7.32. The molecule has 1 heteroatoms. The first-order chi connectivity index (χ1) is 9.38. The molecular weight excluding hydrogens is 242 g/mol. The minimum atomic E-state index is 0.394. The van der Waals surface area contributed by atoms with E-state index in [1.807, 2.05) is 0 Å². The fourth-order valence-electron chi connectivity index (χ4n) is 3.96. The van der Waals surface area contributed by atoms with Crippen molar-refractivity contribution in [1.29, 1.82) is 0 Å². The van der Waals surface area contributed by atoms with Gasteiger partial charge in [-0.1, -0.05) is 31.5 Å². The molecule has 2 rings (SSSR count). The quantitative estimate of drug-likeness (QED) is 0.858. The van der Waals surface area contributed by atoms with E-state index in [9.17, 15) is 0 Å². The molecule has 3 atom stereocenters. The molecule has 20 heavy (non-hydrogen) atoms. The Morgan fingerprint density at radius 3 is 2.25 bits per heavy atom. The van der Waals surface area contributed by atoms with Gasteiger partial charge in [-0.05, 0) is 80.9 Å². The SMILES string of the molecule is Cc1cc(C)c(CC2CC(C(C)C)CCC2N)c(C)c1. The maximum atomic E-state index is 6.42. The molecule has 1 aromatic rings. The molecule has 112 valence electrons. The number of benzene rings is 1. The maximum Gasteiger partial charge on any atom is 0.00705 e. The summed E-state index contributed by atoms with van der Waals surface area (Å²) in [7, 11) is 0. The fraction of sp³-hybridized carbons (Fsp3) is 0.684. The zero-order valence-electron chi connectivity index (χ0n) is 13.9. The third kappa shape index (κ3) is 3.44. The standard InChI is InChI=1S/C19H31N/c1-12(2)16-6-7-19(20)17(10-16)11-18-14(4)8-13(3)9-15(18)5/h8-9,12,16-17,19H,6-7,10-11,20H2,1-5H3. The van der Waals surface area contributed by atoms with Crippen molar-refractivity contribution < 1.29 is 0 Å². The number of aryl methyl sites for hydroxylation is 3. The molecule has 1 aliphatic rings. The molecule has 0 bridgehead atoms. The van der Waals surface area contributed by atoms with Gasteiger partial charge < -0.3 is 5.73 Å². The van der Waals surface area contributed by atoms with Crippen LogP contribution in [0.3, 0.4) is 0 Å². The molecule has 0 radical (unpaired) electrons. The van der Waals surface area contributed by atoms with E-state index in [1.54, 1.807) is 5.56 Å². The maximum absolute atomic E-state index is 6.42. The van der Waals surface area contributed by atoms with Crippen LogP contribution in [-0.2, 0) is 6.42 Å². The second-order valence-electron chi connectivity index (χ2n) is 7.32. The first kappa shape index (κ1) is 15.6. The Morgan fingerprint density at radius 2 is 1.70 bits per heavy atom. The van der Waals surface area contributed by atoms with Gasteiger partial charge in [0, 0.05) is 6.04 Å². The third-order valence-electron chi connectivity index (χ3n) is 5.33. The van der Waals surface area contributed by atoms with Crippen molar-refractivity contribution in [2.24, 2.45) is 23.5 Å². The van der Waals surface area contributed by atoms with E-state index >= 15 is 0 Å². The minimum absolute atomic E-state index is 0.394. The summed E-state index contributed by atoms with van der Waals surface area (Å²) in [6, 6.07) is 5.03. The zero-order valence-corrected chi connectivity index (χ0v) is 13.9. The van der Waals surface area contributed by atoms with Gasteiger partial charge in [0.1, 0.15) is 0 Å². The van der Waals surface area contributed by atoms with Crippen molar-refractivity contribution in [3.63, 3.8) is 0 Å². The smallest absolute Gasteiger partial charge is 0.00705 e. The summed E-state index contributed by atoms with van der Waals surface area (Å²) >= 11 is 0. The van der Waals surface area contributed by atoms with Crippen LogP contribution < -0.4 is 5.73 Å². The molecule has 3 unspecified atom stereocenters. The predicted molar refractivity (Wildman–Crippen MR) is 88.0 cm³/mol. The van der Waals surface area contributed by atoms with Gasteiger partial charge in [-0.3, -0.25) is 0 Å². The summed E-state index contributed by atoms with van der Waals surface area (Å²) in [6.07, 6.45) is 5.01. The average Bonchev–Trinajstić information content (AvgIpc) is 2.35. The van der Waals surface area contributed by atoms with E-state index in [4.69, 9.17) is 5.73 Å². The molecule has 1 saturated carbocycles. The number of rotatable bonds is 3. The monoisotopic (exact) mass is 273 g/mol. The van der Waals surface area contributed by atoms with Gasteiger partial charge in [0.05, 0.1) is 0 Å². The predicted octanol–water partition coefficient (Wildman–Crippen LogP) is 4.55. The van der Waals surface area contributed by atoms with Crippen molar-refractivity contribution in [2.75, 3.05) is 0 Å². The fourth-order valence-corrected chi connectivity index (χ4v) is 3.96. The Bertz CT molecular complexity index is 438. The van der Waals surface area contributed by atoms with Gasteiger partial charge >= 0.3 is 0 Å². The first-order valence-electron chi connectivity index (χ1n) is 8.20. The van der Waals surface area contributed by atoms with E-state index in [0.717, 1.165) is 11.8 Å². The van der Waals surface area contributed by atoms with E-state index < -0.39 is 0 Å². The lowest BCUT2D eigenvalue weighted by molar-refractivity contribution is 0.189. The van der Waals surface area contributed by atoms with Crippen LogP contribution in [0.1, 0.15) is 55.4 Å². The molecular formula is C19H31N. The highest BCUT2D eigenvalue weighted by Gasteiger charge is 2.30. The molecule has 0 aliphatic heterocycles. The lowest BCUT2D eigenvalue weighted by atomic mass is 9.71. The molecule has 1 nitrogen and oxygen atoms in total. The molecule has 0 spiro atoms. The van der Waals surface area contributed by atoms with Crippen LogP contribution >= 0.6 is 0 Å². The summed E-state index contributed by atoms with van der Waals surface area (Å²) in [5.41, 5.74) is 12.2. The summed E-state index contributed by atoms with van der Waals surface area (Å²) in [5, 5.41) is 0. The molecule has 1 fully saturated rings. The Kier molecular flexibility index (Phi) is 4.90. The van der Waals surface area contributed by atoms with E-state index in [2.05, 4.69) is 46.8 Å². The average molecular weight is 273 g/mol. The van der Waals surface area contributed by atoms with E-state index in [1.165, 1.54) is 42.4 Å². The highest BCUT2D eigenvalue weighted by Crippen LogP contribution is 2.35. The van der Waals surface area contributed by atoms with Crippen molar-refractivity contribution in [3.8, 4) is 0 Å². The van der Waals surface area contributed by atoms with Gasteiger partial charge in [0.2, 0.25) is 0 Å². The van der Waals surface area contributed by atoms with Gasteiger partial charge in [-0.15, -0.1) is 0 Å². The van der Waals surface area contributed by atoms with Crippen molar-refractivity contribution in [2.45, 2.75) is 66.3 Å². The van der Waals surface area contributed by atoms with Crippen LogP contribution in [0.25, 0.3) is 0 Å². The molecule has 0 saturated heterocycles. The van der Waals surface area contributed by atoms with Gasteiger partial charge in [-0.25, -0.2) is 0 Å². The lowest BCUT2D eigenvalue weighted by Crippen LogP contribution is -2.38. The van der Waals surface area contributed by atoms with Crippen molar-refractivity contribution >= 4 is 0 Å². The Morgan fingerprint density at radius 1 is 1.10 bits per heavy atom. The first-order valence-corrected chi connectivity index (χ1v) is 8.20. The van der Waals surface area contributed by atoms with E-state index in [0.29, 0.717) is 12.0 Å². The number of hydrogen-bond donors (Lipinski definition) is 1. The summed E-state index contributed by atoms with van der Waals surface area (Å²) in [5.74, 6) is 2.33. The Labute approximate surface area is 125 Å². The highest BCUT2D eigenvalue weighted by molar-refractivity contribution is 5.37. The molecule has 1 aliphatic carbocycles. The third-order valence-corrected chi connectivity index (χ3v) is 5.33. The van der Waals surface area contributed by atoms with Gasteiger partial charge in [0.25, 0.3) is 0 Å². The van der Waals surface area contributed by atoms with Crippen LogP contribution in [0.5, 0.6) is 0 Å². The minimum Gasteiger partial charge on any atom is -0.327 e. The van der Waals surface area contributed by atoms with Gasteiger partial charge in [0.15, 0.2) is 0 Å². The van der Waals surface area contributed by atoms with Crippen molar-refractivity contribution in [3.05, 3.63) is 34.4 Å². The highest BCUT2D eigenvalue weighted by atomic mass is 14.7. The molecule has 0 aromatic heterocycles. The molecule has 2 N–H and O–H groups in total. The molecule has 0 heterocycles. The number of hydrogen-bond acceptors (Lipinski definition) is 1. The zero-order chi connectivity index (χ0) is 14.9. The number of nitrogens with two attached hydrogens (primary N) is 1. The normalized spacial score (nSPS) is 27.1. The van der Waals surface area contributed by atoms with Crippen LogP contribution in [0.2, 0.25) is 0 Å². The van der Waals surface area contributed by atoms with Crippen LogP contribution in [0, 0.1) is 38.5 Å². The summed E-state index contributed by atoms with van der Waals surface area (Å²) in [6.45, 7) is 11.4. The molecule has 1 aromatic carbocycles. The van der Waals surface area contributed by atoms with Crippen molar-refractivity contribution in [1.82, 2.24) is 0 Å². The van der Waals surface area contributed by atoms with E-state index in [-0.39, 0.29) is 0 Å². The summed E-state index contributed by atoms with van der Waals surface area (Å²) in [4.78, 5) is 0. The van der Waals surface area contributed by atoms with Crippen LogP contribution in [-0.4, -0.2) is 6.04 Å². The van der Waals surface area contributed by atoms with Crippen LogP contribution in [0.4, 0.5) is 0 Å². The second kappa shape index (κ2) is 6.30. The lowest BCUT2D eigenvalue weighted by Gasteiger charge is -2.36. The molecule has 0 amide bonds.